The molecule has 0 spiro atoms. The highest BCUT2D eigenvalue weighted by atomic mass is 32.2. The van der Waals surface area contributed by atoms with Crippen molar-refractivity contribution in [3.63, 3.8) is 0 Å². The fraction of sp³-hybridized carbons (Fsp3) is 0.737. The summed E-state index contributed by atoms with van der Waals surface area (Å²) in [4.78, 5) is 25.1. The Morgan fingerprint density at radius 1 is 1.43 bits per heavy atom. The highest BCUT2D eigenvalue weighted by Gasteiger charge is 2.65. The second kappa shape index (κ2) is 7.26. The van der Waals surface area contributed by atoms with Crippen LogP contribution in [0.4, 0.5) is 5.82 Å². The molecular weight excluding hydrogens is 382 g/mol. The molecule has 156 valence electrons. The smallest absolute Gasteiger partial charge is 0.240 e. The van der Waals surface area contributed by atoms with Crippen LogP contribution in [0, 0.1) is 23.7 Å². The Labute approximate surface area is 166 Å². The molecule has 3 rings (SSSR count). The van der Waals surface area contributed by atoms with E-state index in [4.69, 9.17) is 4.52 Å². The lowest BCUT2D eigenvalue weighted by molar-refractivity contribution is -0.128. The monoisotopic (exact) mass is 411 g/mol. The minimum Gasteiger partial charge on any atom is -0.360 e. The maximum atomic E-state index is 13.2. The van der Waals surface area contributed by atoms with Crippen LogP contribution in [0.1, 0.15) is 52.2 Å². The van der Waals surface area contributed by atoms with Crippen LogP contribution < -0.4 is 5.32 Å². The minimum absolute atomic E-state index is 0.0521. The summed E-state index contributed by atoms with van der Waals surface area (Å²) < 4.78 is 32.6. The highest BCUT2D eigenvalue weighted by Crippen LogP contribution is 2.64. The van der Waals surface area contributed by atoms with E-state index in [1.807, 2.05) is 20.8 Å². The summed E-state index contributed by atoms with van der Waals surface area (Å²) in [5, 5.41) is 6.25. The molecule has 28 heavy (non-hydrogen) atoms. The molecular formula is C19H29N3O5S. The lowest BCUT2D eigenvalue weighted by Gasteiger charge is -2.37. The van der Waals surface area contributed by atoms with Crippen molar-refractivity contribution in [2.45, 2.75) is 53.4 Å². The first-order valence-corrected chi connectivity index (χ1v) is 11.4. The molecule has 1 amide bonds. The largest absolute Gasteiger partial charge is 0.360 e. The normalized spacial score (nSPS) is 26.2. The zero-order valence-corrected chi connectivity index (χ0v) is 17.8. The van der Waals surface area contributed by atoms with Gasteiger partial charge in [0.15, 0.2) is 5.82 Å². The Morgan fingerprint density at radius 3 is 2.64 bits per heavy atom. The molecule has 8 nitrogen and oxygen atoms in total. The van der Waals surface area contributed by atoms with Crippen molar-refractivity contribution in [1.29, 1.82) is 0 Å². The molecule has 2 atom stereocenters. The maximum Gasteiger partial charge on any atom is 0.240 e. The van der Waals surface area contributed by atoms with E-state index in [1.54, 1.807) is 13.0 Å². The topological polar surface area (TPSA) is 110 Å². The number of amides is 1. The molecule has 9 heteroatoms. The molecule has 0 unspecified atom stereocenters. The van der Waals surface area contributed by atoms with Gasteiger partial charge in [0, 0.05) is 24.4 Å². The van der Waals surface area contributed by atoms with Gasteiger partial charge in [0.1, 0.15) is 11.5 Å². The number of fused-ring (bicyclic) bond motifs is 2. The number of ketones is 1. The van der Waals surface area contributed by atoms with E-state index in [2.05, 4.69) is 10.5 Å². The molecule has 2 aliphatic rings. The number of nitrogens with one attached hydrogen (secondary N) is 1. The molecule has 2 bridgehead atoms. The average Bonchev–Trinajstić information content (AvgIpc) is 3.15. The highest BCUT2D eigenvalue weighted by molar-refractivity contribution is 7.89. The fourth-order valence-electron chi connectivity index (χ4n) is 4.84. The zero-order chi connectivity index (χ0) is 20.7. The standard InChI is InChI=1S/C19H29N3O5S/c1-5-8-22(11-17(24)20-16-9-13(2)27-21-16)28(25,26)12-19-7-6-14(10-15(19)23)18(19,3)4/h9,14H,5-8,10-12H2,1-4H3,(H,20,21,24)/t14-,19+/m0/s1. The lowest BCUT2D eigenvalue weighted by atomic mass is 9.70. The van der Waals surface area contributed by atoms with E-state index >= 15 is 0 Å². The summed E-state index contributed by atoms with van der Waals surface area (Å²) in [6.45, 7) is 7.49. The van der Waals surface area contributed by atoms with E-state index in [9.17, 15) is 18.0 Å². The summed E-state index contributed by atoms with van der Waals surface area (Å²) in [7, 11) is -3.79. The second-order valence-electron chi connectivity index (χ2n) is 8.63. The number of carbonyl (C=O) groups is 2. The molecule has 1 N–H and O–H groups in total. The third kappa shape index (κ3) is 3.50. The Balaban J connectivity index is 1.77. The molecule has 0 saturated heterocycles. The first-order chi connectivity index (χ1) is 13.0. The molecule has 2 fully saturated rings. The van der Waals surface area contributed by atoms with Gasteiger partial charge < -0.3 is 9.84 Å². The summed E-state index contributed by atoms with van der Waals surface area (Å²) in [6.07, 6.45) is 2.52. The van der Waals surface area contributed by atoms with Gasteiger partial charge in [-0.15, -0.1) is 0 Å². The van der Waals surface area contributed by atoms with Crippen molar-refractivity contribution in [3.8, 4) is 0 Å². The van der Waals surface area contributed by atoms with Gasteiger partial charge in [-0.05, 0) is 37.5 Å². The summed E-state index contributed by atoms with van der Waals surface area (Å²) in [6, 6.07) is 1.56. The quantitative estimate of drug-likeness (QED) is 0.703. The third-order valence-corrected chi connectivity index (χ3v) is 8.61. The number of carbonyl (C=O) groups excluding carboxylic acids is 2. The molecule has 2 aliphatic carbocycles. The van der Waals surface area contributed by atoms with Crippen molar-refractivity contribution >= 4 is 27.5 Å². The van der Waals surface area contributed by atoms with Crippen LogP contribution in [-0.4, -0.2) is 48.4 Å². The van der Waals surface area contributed by atoms with Crippen molar-refractivity contribution in [2.24, 2.45) is 16.7 Å². The van der Waals surface area contributed by atoms with E-state index in [1.165, 1.54) is 4.31 Å². The van der Waals surface area contributed by atoms with Crippen molar-refractivity contribution in [3.05, 3.63) is 11.8 Å². The summed E-state index contributed by atoms with van der Waals surface area (Å²) >= 11 is 0. The van der Waals surface area contributed by atoms with Crippen molar-refractivity contribution in [2.75, 3.05) is 24.2 Å². The van der Waals surface area contributed by atoms with Gasteiger partial charge in [0.2, 0.25) is 15.9 Å². The second-order valence-corrected chi connectivity index (χ2v) is 10.6. The van der Waals surface area contributed by atoms with Gasteiger partial charge in [-0.3, -0.25) is 9.59 Å². The van der Waals surface area contributed by atoms with E-state index < -0.39 is 21.3 Å². The van der Waals surface area contributed by atoms with Gasteiger partial charge in [-0.2, -0.15) is 4.31 Å². The number of hydrogen-bond acceptors (Lipinski definition) is 6. The molecule has 1 heterocycles. The molecule has 1 aromatic heterocycles. The molecule has 1 aromatic rings. The number of aryl methyl sites for hydroxylation is 1. The van der Waals surface area contributed by atoms with Gasteiger partial charge in [-0.1, -0.05) is 25.9 Å². The van der Waals surface area contributed by atoms with Crippen LogP contribution in [-0.2, 0) is 19.6 Å². The lowest BCUT2D eigenvalue weighted by Crippen LogP contribution is -2.48. The minimum atomic E-state index is -3.79. The van der Waals surface area contributed by atoms with E-state index in [0.29, 0.717) is 25.0 Å². The van der Waals surface area contributed by atoms with Crippen LogP contribution >= 0.6 is 0 Å². The van der Waals surface area contributed by atoms with Crippen molar-refractivity contribution in [1.82, 2.24) is 9.46 Å². The first kappa shape index (κ1) is 21.0. The Hall–Kier alpha value is -1.74. The maximum absolute atomic E-state index is 13.2. The Kier molecular flexibility index (Phi) is 5.44. The number of hydrogen-bond donors (Lipinski definition) is 1. The molecule has 0 aromatic carbocycles. The van der Waals surface area contributed by atoms with Gasteiger partial charge in [0.25, 0.3) is 0 Å². The van der Waals surface area contributed by atoms with Gasteiger partial charge >= 0.3 is 0 Å². The third-order valence-electron chi connectivity index (χ3n) is 6.65. The van der Waals surface area contributed by atoms with Crippen LogP contribution in [0.2, 0.25) is 0 Å². The van der Waals surface area contributed by atoms with Gasteiger partial charge in [0.05, 0.1) is 12.3 Å². The average molecular weight is 412 g/mol. The van der Waals surface area contributed by atoms with Crippen molar-refractivity contribution < 1.29 is 22.5 Å². The summed E-state index contributed by atoms with van der Waals surface area (Å²) in [5.41, 5.74) is -1.18. The fourth-order valence-corrected chi connectivity index (χ4v) is 7.10. The number of sulfonamides is 1. The number of nitrogens with zero attached hydrogens (tertiary/aromatic N) is 2. The first-order valence-electron chi connectivity index (χ1n) is 9.76. The number of anilines is 1. The van der Waals surface area contributed by atoms with E-state index in [0.717, 1.165) is 6.42 Å². The Morgan fingerprint density at radius 2 is 2.14 bits per heavy atom. The number of rotatable bonds is 8. The molecule has 0 radical (unpaired) electrons. The van der Waals surface area contributed by atoms with Crippen LogP contribution in [0.15, 0.2) is 10.6 Å². The summed E-state index contributed by atoms with van der Waals surface area (Å²) in [5.74, 6) is 0.387. The Bertz CT molecular complexity index is 876. The van der Waals surface area contributed by atoms with Gasteiger partial charge in [-0.25, -0.2) is 8.42 Å². The zero-order valence-electron chi connectivity index (χ0n) is 16.9. The molecule has 0 aliphatic heterocycles. The predicted molar refractivity (Wildman–Crippen MR) is 104 cm³/mol. The van der Waals surface area contributed by atoms with Crippen LogP contribution in [0.3, 0.4) is 0 Å². The SMILES string of the molecule is CCCN(CC(=O)Nc1cc(C)on1)S(=O)(=O)C[C@]12CC[C@@H](CC1=O)C2(C)C. The predicted octanol–water partition coefficient (Wildman–Crippen LogP) is 2.36. The van der Waals surface area contributed by atoms with E-state index in [-0.39, 0.29) is 41.8 Å². The van der Waals surface area contributed by atoms with Crippen LogP contribution in [0.5, 0.6) is 0 Å². The van der Waals surface area contributed by atoms with Crippen LogP contribution in [0.25, 0.3) is 0 Å². The number of Topliss-reactive ketones (excluding diaryl/α,β-unsaturated/α-hetero) is 1. The molecule has 2 saturated carbocycles. The number of aromatic nitrogens is 1.